The quantitative estimate of drug-likeness (QED) is 0.767. The number of Topliss-reactive ketones (excluding diaryl/α,β-unsaturated/α-hetero) is 1. The van der Waals surface area contributed by atoms with E-state index in [1.807, 2.05) is 36.4 Å². The molecule has 0 radical (unpaired) electrons. The summed E-state index contributed by atoms with van der Waals surface area (Å²) in [7, 11) is 1.72. The van der Waals surface area contributed by atoms with E-state index in [0.29, 0.717) is 6.61 Å². The van der Waals surface area contributed by atoms with Crippen molar-refractivity contribution in [3.63, 3.8) is 0 Å². The van der Waals surface area contributed by atoms with E-state index in [2.05, 4.69) is 29.2 Å². The van der Waals surface area contributed by atoms with Crippen molar-refractivity contribution in [1.82, 2.24) is 4.90 Å². The van der Waals surface area contributed by atoms with Crippen molar-refractivity contribution in [1.29, 1.82) is 0 Å². The molecular weight excluding hydrogens is 286 g/mol. The molecule has 0 aliphatic carbocycles. The highest BCUT2D eigenvalue weighted by molar-refractivity contribution is 5.98. The van der Waals surface area contributed by atoms with E-state index in [4.69, 9.17) is 4.74 Å². The molecule has 3 nitrogen and oxygen atoms in total. The largest absolute Gasteiger partial charge is 0.383 e. The van der Waals surface area contributed by atoms with Crippen LogP contribution in [0.4, 0.5) is 0 Å². The molecular formula is C20H23NO2. The first kappa shape index (κ1) is 15.9. The van der Waals surface area contributed by atoms with Gasteiger partial charge in [-0.15, -0.1) is 0 Å². The molecule has 0 bridgehead atoms. The second kappa shape index (κ2) is 7.53. The summed E-state index contributed by atoms with van der Waals surface area (Å²) in [6, 6.07) is 20.1. The van der Waals surface area contributed by atoms with Crippen molar-refractivity contribution in [3.05, 3.63) is 71.8 Å². The smallest absolute Gasteiger partial charge is 0.167 e. The number of ketones is 1. The molecule has 23 heavy (non-hydrogen) atoms. The molecule has 2 aromatic rings. The summed E-state index contributed by atoms with van der Waals surface area (Å²) >= 11 is 0. The Kier molecular flexibility index (Phi) is 5.21. The highest BCUT2D eigenvalue weighted by atomic mass is 16.5. The third-order valence-electron chi connectivity index (χ3n) is 4.63. The van der Waals surface area contributed by atoms with Crippen molar-refractivity contribution in [2.45, 2.75) is 5.92 Å². The molecule has 3 rings (SSSR count). The summed E-state index contributed by atoms with van der Waals surface area (Å²) in [6.45, 7) is 3.29. The van der Waals surface area contributed by atoms with Gasteiger partial charge in [0.15, 0.2) is 5.78 Å². The number of hydrogen-bond donors (Lipinski definition) is 0. The van der Waals surface area contributed by atoms with Crippen LogP contribution in [0.15, 0.2) is 60.7 Å². The Labute approximate surface area is 137 Å². The first-order valence-corrected chi connectivity index (χ1v) is 8.15. The van der Waals surface area contributed by atoms with Crippen LogP contribution in [0.5, 0.6) is 0 Å². The molecule has 0 spiro atoms. The monoisotopic (exact) mass is 309 g/mol. The van der Waals surface area contributed by atoms with Crippen LogP contribution < -0.4 is 0 Å². The van der Waals surface area contributed by atoms with Gasteiger partial charge in [-0.3, -0.25) is 9.69 Å². The number of carbonyl (C=O) groups excluding carboxylic acids is 1. The van der Waals surface area contributed by atoms with Crippen LogP contribution in [0.3, 0.4) is 0 Å². The first-order chi connectivity index (χ1) is 11.3. The van der Waals surface area contributed by atoms with Crippen LogP contribution in [0, 0.1) is 5.92 Å². The molecule has 0 N–H and O–H groups in total. The van der Waals surface area contributed by atoms with E-state index < -0.39 is 0 Å². The Morgan fingerprint density at radius 3 is 2.35 bits per heavy atom. The maximum atomic E-state index is 13.0. The highest BCUT2D eigenvalue weighted by Gasteiger charge is 2.38. The maximum absolute atomic E-state index is 13.0. The van der Waals surface area contributed by atoms with Gasteiger partial charge in [0.25, 0.3) is 0 Å². The molecule has 2 aromatic carbocycles. The minimum atomic E-state index is 0.0108. The summed E-state index contributed by atoms with van der Waals surface area (Å²) in [5.41, 5.74) is 2.06. The van der Waals surface area contributed by atoms with Crippen molar-refractivity contribution in [2.75, 3.05) is 33.4 Å². The number of benzene rings is 2. The van der Waals surface area contributed by atoms with Gasteiger partial charge in [-0.05, 0) is 5.56 Å². The second-order valence-electron chi connectivity index (χ2n) is 6.11. The number of likely N-dealkylation sites (tertiary alicyclic amines) is 1. The van der Waals surface area contributed by atoms with Gasteiger partial charge in [0.2, 0.25) is 0 Å². The third-order valence-corrected chi connectivity index (χ3v) is 4.63. The normalized spacial score (nSPS) is 21.4. The summed E-state index contributed by atoms with van der Waals surface area (Å²) in [6.07, 6.45) is 0. The number of rotatable bonds is 6. The lowest BCUT2D eigenvalue weighted by atomic mass is 9.84. The highest BCUT2D eigenvalue weighted by Crippen LogP contribution is 2.34. The molecule has 0 saturated carbocycles. The molecule has 120 valence electrons. The van der Waals surface area contributed by atoms with Gasteiger partial charge < -0.3 is 4.74 Å². The topological polar surface area (TPSA) is 29.5 Å². The number of carbonyl (C=O) groups is 1. The molecule has 1 saturated heterocycles. The maximum Gasteiger partial charge on any atom is 0.167 e. The fraction of sp³-hybridized carbons (Fsp3) is 0.350. The molecule has 1 heterocycles. The number of ether oxygens (including phenoxy) is 1. The Morgan fingerprint density at radius 2 is 1.70 bits per heavy atom. The van der Waals surface area contributed by atoms with Gasteiger partial charge >= 0.3 is 0 Å². The standard InChI is InChI=1S/C20H23NO2/c1-23-13-12-21-14-18(16-8-4-2-5-9-16)19(15-21)20(22)17-10-6-3-7-11-17/h2-11,18-19H,12-15H2,1H3/t18-,19+/m0/s1. The van der Waals surface area contributed by atoms with Crippen LogP contribution in [-0.4, -0.2) is 44.0 Å². The Hall–Kier alpha value is -1.97. The minimum absolute atomic E-state index is 0.0108. The average molecular weight is 309 g/mol. The molecule has 0 aromatic heterocycles. The summed E-state index contributed by atoms with van der Waals surface area (Å²) < 4.78 is 5.20. The summed E-state index contributed by atoms with van der Waals surface area (Å²) in [5.74, 6) is 0.511. The van der Waals surface area contributed by atoms with Gasteiger partial charge in [0.1, 0.15) is 0 Å². The lowest BCUT2D eigenvalue weighted by molar-refractivity contribution is 0.0910. The van der Waals surface area contributed by atoms with Crippen molar-refractivity contribution in [2.24, 2.45) is 5.92 Å². The molecule has 2 atom stereocenters. The van der Waals surface area contributed by atoms with Gasteiger partial charge in [-0.25, -0.2) is 0 Å². The zero-order valence-electron chi connectivity index (χ0n) is 13.5. The predicted octanol–water partition coefficient (Wildman–Crippen LogP) is 3.23. The summed E-state index contributed by atoms with van der Waals surface area (Å²) in [5, 5.41) is 0. The molecule has 0 unspecified atom stereocenters. The van der Waals surface area contributed by atoms with E-state index in [0.717, 1.165) is 25.2 Å². The van der Waals surface area contributed by atoms with Crippen molar-refractivity contribution in [3.8, 4) is 0 Å². The van der Waals surface area contributed by atoms with Crippen molar-refractivity contribution >= 4 is 5.78 Å². The van der Waals surface area contributed by atoms with Crippen LogP contribution in [0.1, 0.15) is 21.8 Å². The lowest BCUT2D eigenvalue weighted by Gasteiger charge is -2.17. The Bertz CT molecular complexity index is 627. The zero-order valence-corrected chi connectivity index (χ0v) is 13.5. The third kappa shape index (κ3) is 3.69. The van der Waals surface area contributed by atoms with Gasteiger partial charge in [-0.1, -0.05) is 60.7 Å². The average Bonchev–Trinajstić information content (AvgIpc) is 3.05. The minimum Gasteiger partial charge on any atom is -0.383 e. The molecule has 1 fully saturated rings. The molecule has 1 aliphatic heterocycles. The molecule has 1 aliphatic rings. The van der Waals surface area contributed by atoms with E-state index >= 15 is 0 Å². The van der Waals surface area contributed by atoms with Crippen LogP contribution in [-0.2, 0) is 4.74 Å². The van der Waals surface area contributed by atoms with Gasteiger partial charge in [0.05, 0.1) is 6.61 Å². The molecule has 0 amide bonds. The van der Waals surface area contributed by atoms with E-state index in [9.17, 15) is 4.79 Å². The van der Waals surface area contributed by atoms with Crippen LogP contribution >= 0.6 is 0 Å². The lowest BCUT2D eigenvalue weighted by Crippen LogP contribution is -2.26. The van der Waals surface area contributed by atoms with Crippen LogP contribution in [0.25, 0.3) is 0 Å². The fourth-order valence-corrected chi connectivity index (χ4v) is 3.41. The number of nitrogens with zero attached hydrogens (tertiary/aromatic N) is 1. The fourth-order valence-electron chi connectivity index (χ4n) is 3.41. The molecule has 3 heteroatoms. The number of methoxy groups -OCH3 is 1. The van der Waals surface area contributed by atoms with E-state index in [1.165, 1.54) is 5.56 Å². The van der Waals surface area contributed by atoms with Gasteiger partial charge in [-0.2, -0.15) is 0 Å². The predicted molar refractivity (Wildman–Crippen MR) is 91.8 cm³/mol. The first-order valence-electron chi connectivity index (χ1n) is 8.15. The van der Waals surface area contributed by atoms with E-state index in [-0.39, 0.29) is 17.6 Å². The van der Waals surface area contributed by atoms with Gasteiger partial charge in [0, 0.05) is 44.1 Å². The zero-order chi connectivity index (χ0) is 16.1. The SMILES string of the molecule is COCCN1C[C@@H](C(=O)c2ccccc2)[C@H](c2ccccc2)C1. The van der Waals surface area contributed by atoms with E-state index in [1.54, 1.807) is 7.11 Å². The second-order valence-corrected chi connectivity index (χ2v) is 6.11. The summed E-state index contributed by atoms with van der Waals surface area (Å²) in [4.78, 5) is 15.3. The Morgan fingerprint density at radius 1 is 1.04 bits per heavy atom. The number of hydrogen-bond acceptors (Lipinski definition) is 3. The van der Waals surface area contributed by atoms with Crippen LogP contribution in [0.2, 0.25) is 0 Å². The van der Waals surface area contributed by atoms with Crippen molar-refractivity contribution < 1.29 is 9.53 Å². The Balaban J connectivity index is 1.84.